The first kappa shape index (κ1) is 8.59. The van der Waals surface area contributed by atoms with Crippen LogP contribution >= 0.6 is 0 Å². The summed E-state index contributed by atoms with van der Waals surface area (Å²) in [5.74, 6) is 0.163. The van der Waals surface area contributed by atoms with Crippen molar-refractivity contribution in [3.05, 3.63) is 34.9 Å². The number of amidine groups is 1. The van der Waals surface area contributed by atoms with Crippen LogP contribution in [-0.4, -0.2) is 11.0 Å². The topological polar surface area (TPSA) is 58.6 Å². The number of oxime groups is 1. The van der Waals surface area contributed by atoms with Gasteiger partial charge in [-0.1, -0.05) is 22.9 Å². The van der Waals surface area contributed by atoms with Crippen molar-refractivity contribution in [2.75, 3.05) is 0 Å². The molecule has 0 aliphatic carbocycles. The highest BCUT2D eigenvalue weighted by Crippen LogP contribution is 2.09. The predicted octanol–water partition coefficient (Wildman–Crippen LogP) is 1.40. The molecule has 0 radical (unpaired) electrons. The van der Waals surface area contributed by atoms with Crippen LogP contribution < -0.4 is 5.73 Å². The maximum absolute atomic E-state index is 8.47. The van der Waals surface area contributed by atoms with Crippen LogP contribution in [0.4, 0.5) is 0 Å². The Morgan fingerprint density at radius 1 is 1.42 bits per heavy atom. The summed E-state index contributed by atoms with van der Waals surface area (Å²) in [4.78, 5) is 0. The third-order valence-electron chi connectivity index (χ3n) is 1.78. The van der Waals surface area contributed by atoms with E-state index in [0.717, 1.165) is 16.7 Å². The Morgan fingerprint density at radius 2 is 2.08 bits per heavy atom. The molecule has 12 heavy (non-hydrogen) atoms. The highest BCUT2D eigenvalue weighted by molar-refractivity contribution is 5.98. The standard InChI is InChI=1S/C9H12N2O/c1-6-3-4-7(2)8(5-6)9(10)11-12/h3-5,12H,1-2H3,(H2,10,11). The summed E-state index contributed by atoms with van der Waals surface area (Å²) in [7, 11) is 0. The van der Waals surface area contributed by atoms with Gasteiger partial charge in [0.25, 0.3) is 0 Å². The Bertz CT molecular complexity index is 318. The second-order valence-corrected chi connectivity index (χ2v) is 2.80. The first-order valence-corrected chi connectivity index (χ1v) is 3.70. The van der Waals surface area contributed by atoms with E-state index in [-0.39, 0.29) is 5.84 Å². The van der Waals surface area contributed by atoms with E-state index >= 15 is 0 Å². The quantitative estimate of drug-likeness (QED) is 0.285. The molecular formula is C9H12N2O. The summed E-state index contributed by atoms with van der Waals surface area (Å²) in [6.45, 7) is 3.89. The molecule has 1 aromatic carbocycles. The lowest BCUT2D eigenvalue weighted by Crippen LogP contribution is -2.14. The van der Waals surface area contributed by atoms with Crippen molar-refractivity contribution in [3.63, 3.8) is 0 Å². The first-order chi connectivity index (χ1) is 5.65. The van der Waals surface area contributed by atoms with Gasteiger partial charge in [-0.25, -0.2) is 0 Å². The molecule has 1 rings (SSSR count). The zero-order valence-electron chi connectivity index (χ0n) is 7.20. The number of hydrogen-bond donors (Lipinski definition) is 2. The molecule has 1 aromatic rings. The van der Waals surface area contributed by atoms with Gasteiger partial charge in [0.1, 0.15) is 0 Å². The van der Waals surface area contributed by atoms with E-state index < -0.39 is 0 Å². The van der Waals surface area contributed by atoms with Gasteiger partial charge in [-0.3, -0.25) is 0 Å². The summed E-state index contributed by atoms with van der Waals surface area (Å²) in [6, 6.07) is 5.83. The maximum atomic E-state index is 8.47. The second-order valence-electron chi connectivity index (χ2n) is 2.80. The van der Waals surface area contributed by atoms with Gasteiger partial charge in [-0.05, 0) is 25.5 Å². The molecular weight excluding hydrogens is 152 g/mol. The Morgan fingerprint density at radius 3 is 2.67 bits per heavy atom. The summed E-state index contributed by atoms with van der Waals surface area (Å²) >= 11 is 0. The molecule has 0 aliphatic rings. The molecule has 0 aromatic heterocycles. The lowest BCUT2D eigenvalue weighted by atomic mass is 10.1. The van der Waals surface area contributed by atoms with Crippen LogP contribution in [0.1, 0.15) is 16.7 Å². The fourth-order valence-corrected chi connectivity index (χ4v) is 1.07. The van der Waals surface area contributed by atoms with Crippen LogP contribution in [0.5, 0.6) is 0 Å². The van der Waals surface area contributed by atoms with Crippen molar-refractivity contribution < 1.29 is 5.21 Å². The molecule has 3 N–H and O–H groups in total. The van der Waals surface area contributed by atoms with Gasteiger partial charge in [0.05, 0.1) is 0 Å². The lowest BCUT2D eigenvalue weighted by Gasteiger charge is -2.03. The summed E-state index contributed by atoms with van der Waals surface area (Å²) in [5.41, 5.74) is 8.36. The highest BCUT2D eigenvalue weighted by atomic mass is 16.4. The highest BCUT2D eigenvalue weighted by Gasteiger charge is 2.02. The van der Waals surface area contributed by atoms with Gasteiger partial charge >= 0.3 is 0 Å². The minimum absolute atomic E-state index is 0.163. The van der Waals surface area contributed by atoms with E-state index in [1.54, 1.807) is 0 Å². The van der Waals surface area contributed by atoms with Crippen LogP contribution in [0.15, 0.2) is 23.4 Å². The number of rotatable bonds is 1. The van der Waals surface area contributed by atoms with Crippen molar-refractivity contribution in [2.24, 2.45) is 10.9 Å². The van der Waals surface area contributed by atoms with E-state index in [2.05, 4.69) is 5.16 Å². The van der Waals surface area contributed by atoms with Crippen LogP contribution in [0.2, 0.25) is 0 Å². The van der Waals surface area contributed by atoms with Crippen molar-refractivity contribution in [1.29, 1.82) is 0 Å². The smallest absolute Gasteiger partial charge is 0.170 e. The van der Waals surface area contributed by atoms with Crippen LogP contribution in [0.25, 0.3) is 0 Å². The third-order valence-corrected chi connectivity index (χ3v) is 1.78. The van der Waals surface area contributed by atoms with Gasteiger partial charge in [0.15, 0.2) is 5.84 Å². The van der Waals surface area contributed by atoms with Crippen molar-refractivity contribution in [2.45, 2.75) is 13.8 Å². The summed E-state index contributed by atoms with van der Waals surface area (Å²) in [6.07, 6.45) is 0. The number of nitrogens with zero attached hydrogens (tertiary/aromatic N) is 1. The van der Waals surface area contributed by atoms with E-state index in [4.69, 9.17) is 10.9 Å². The fraction of sp³-hybridized carbons (Fsp3) is 0.222. The van der Waals surface area contributed by atoms with Gasteiger partial charge in [-0.15, -0.1) is 0 Å². The third kappa shape index (κ3) is 1.56. The molecule has 0 aliphatic heterocycles. The predicted molar refractivity (Wildman–Crippen MR) is 48.4 cm³/mol. The van der Waals surface area contributed by atoms with E-state index in [0.29, 0.717) is 0 Å². The average molecular weight is 164 g/mol. The Balaban J connectivity index is 3.23. The average Bonchev–Trinajstić information content (AvgIpc) is 2.08. The first-order valence-electron chi connectivity index (χ1n) is 3.70. The molecule has 0 heterocycles. The minimum Gasteiger partial charge on any atom is -0.409 e. The van der Waals surface area contributed by atoms with Crippen molar-refractivity contribution in [1.82, 2.24) is 0 Å². The lowest BCUT2D eigenvalue weighted by molar-refractivity contribution is 0.318. The van der Waals surface area contributed by atoms with Crippen LogP contribution in [0, 0.1) is 13.8 Å². The van der Waals surface area contributed by atoms with Gasteiger partial charge in [0.2, 0.25) is 0 Å². The number of nitrogens with two attached hydrogens (primary N) is 1. The zero-order chi connectivity index (χ0) is 9.14. The maximum Gasteiger partial charge on any atom is 0.170 e. The Labute approximate surface area is 71.5 Å². The molecule has 0 saturated carbocycles. The molecule has 64 valence electrons. The monoisotopic (exact) mass is 164 g/mol. The molecule has 0 fully saturated rings. The molecule has 0 saturated heterocycles. The van der Waals surface area contributed by atoms with Crippen molar-refractivity contribution >= 4 is 5.84 Å². The van der Waals surface area contributed by atoms with Crippen LogP contribution in [0.3, 0.4) is 0 Å². The largest absolute Gasteiger partial charge is 0.409 e. The van der Waals surface area contributed by atoms with E-state index in [1.807, 2.05) is 32.0 Å². The molecule has 3 nitrogen and oxygen atoms in total. The Kier molecular flexibility index (Phi) is 2.33. The van der Waals surface area contributed by atoms with Gasteiger partial charge in [-0.2, -0.15) is 0 Å². The Hall–Kier alpha value is -1.51. The SMILES string of the molecule is Cc1ccc(C)c(/C(N)=N\O)c1. The van der Waals surface area contributed by atoms with E-state index in [1.165, 1.54) is 0 Å². The number of benzene rings is 1. The second kappa shape index (κ2) is 3.26. The van der Waals surface area contributed by atoms with Crippen LogP contribution in [-0.2, 0) is 0 Å². The van der Waals surface area contributed by atoms with E-state index in [9.17, 15) is 0 Å². The normalized spacial score (nSPS) is 11.7. The molecule has 0 spiro atoms. The summed E-state index contributed by atoms with van der Waals surface area (Å²) in [5, 5.41) is 11.4. The zero-order valence-corrected chi connectivity index (χ0v) is 7.20. The minimum atomic E-state index is 0.163. The van der Waals surface area contributed by atoms with Gasteiger partial charge in [0, 0.05) is 5.56 Å². The fourth-order valence-electron chi connectivity index (χ4n) is 1.07. The molecule has 0 unspecified atom stereocenters. The number of aryl methyl sites for hydroxylation is 2. The summed E-state index contributed by atoms with van der Waals surface area (Å²) < 4.78 is 0. The van der Waals surface area contributed by atoms with Crippen molar-refractivity contribution in [3.8, 4) is 0 Å². The molecule has 3 heteroatoms. The molecule has 0 amide bonds. The molecule has 0 atom stereocenters. The molecule has 0 bridgehead atoms. The van der Waals surface area contributed by atoms with Gasteiger partial charge < -0.3 is 10.9 Å². The number of hydrogen-bond acceptors (Lipinski definition) is 2.